The molecule has 0 atom stereocenters. The normalized spacial score (nSPS) is 11.6. The summed E-state index contributed by atoms with van der Waals surface area (Å²) >= 11 is 7.12. The van der Waals surface area contributed by atoms with Crippen molar-refractivity contribution in [1.29, 1.82) is 0 Å². The third-order valence-corrected chi connectivity index (χ3v) is 6.06. The summed E-state index contributed by atoms with van der Waals surface area (Å²) in [5.41, 5.74) is 1.14. The van der Waals surface area contributed by atoms with E-state index in [1.165, 1.54) is 13.2 Å². The number of benzene rings is 1. The molecule has 0 aliphatic heterocycles. The molecule has 1 heterocycles. The van der Waals surface area contributed by atoms with Crippen molar-refractivity contribution in [3.05, 3.63) is 45.8 Å². The van der Waals surface area contributed by atoms with Gasteiger partial charge >= 0.3 is 0 Å². The van der Waals surface area contributed by atoms with Crippen LogP contribution in [-0.4, -0.2) is 20.6 Å². The molecule has 0 bridgehead atoms. The van der Waals surface area contributed by atoms with Crippen LogP contribution >= 0.6 is 22.9 Å². The van der Waals surface area contributed by atoms with Crippen LogP contribution in [0.25, 0.3) is 0 Å². The molecule has 2 aromatic rings. The first kappa shape index (κ1) is 16.3. The number of nitrogens with one attached hydrogen (secondary N) is 1. The molecule has 0 spiro atoms. The van der Waals surface area contributed by atoms with Gasteiger partial charge in [-0.1, -0.05) is 17.7 Å². The molecule has 0 saturated carbocycles. The van der Waals surface area contributed by atoms with Crippen LogP contribution in [0.3, 0.4) is 0 Å². The van der Waals surface area contributed by atoms with Gasteiger partial charge in [0.05, 0.1) is 13.7 Å². The number of hydrogen-bond acceptors (Lipinski definition) is 5. The van der Waals surface area contributed by atoms with Crippen LogP contribution in [0.5, 0.6) is 5.75 Å². The van der Waals surface area contributed by atoms with Crippen molar-refractivity contribution >= 4 is 33.0 Å². The summed E-state index contributed by atoms with van der Waals surface area (Å²) in [5.74, 6) is 0.521. The van der Waals surface area contributed by atoms with Crippen molar-refractivity contribution in [1.82, 2.24) is 4.72 Å². The summed E-state index contributed by atoms with van der Waals surface area (Å²) in [6.07, 6.45) is 0. The van der Waals surface area contributed by atoms with Crippen LogP contribution in [0.2, 0.25) is 5.02 Å². The topological polar surface area (TPSA) is 75.6 Å². The van der Waals surface area contributed by atoms with Crippen LogP contribution in [0.15, 0.2) is 33.9 Å². The average molecular weight is 348 g/mol. The maximum Gasteiger partial charge on any atom is 0.250 e. The number of ether oxygens (including phenoxy) is 1. The highest BCUT2D eigenvalue weighted by Crippen LogP contribution is 2.27. The summed E-state index contributed by atoms with van der Waals surface area (Å²) in [6, 6.07) is 6.55. The Morgan fingerprint density at radius 3 is 2.81 bits per heavy atom. The Morgan fingerprint density at radius 1 is 1.43 bits per heavy atom. The predicted octanol–water partition coefficient (Wildman–Crippen LogP) is 2.38. The van der Waals surface area contributed by atoms with Gasteiger partial charge in [-0.15, -0.1) is 11.3 Å². The Bertz CT molecular complexity index is 728. The lowest BCUT2D eigenvalue weighted by atomic mass is 10.2. The molecule has 0 saturated heterocycles. The lowest BCUT2D eigenvalue weighted by molar-refractivity contribution is 0.282. The Hall–Kier alpha value is -1.12. The number of aliphatic hydroxyl groups is 1. The maximum atomic E-state index is 12.2. The fraction of sp³-hybridized carbons (Fsp3) is 0.231. The smallest absolute Gasteiger partial charge is 0.250 e. The Morgan fingerprint density at radius 2 is 2.19 bits per heavy atom. The van der Waals surface area contributed by atoms with E-state index in [0.29, 0.717) is 21.9 Å². The molecule has 21 heavy (non-hydrogen) atoms. The number of sulfonamides is 1. The number of methoxy groups -OCH3 is 1. The summed E-state index contributed by atoms with van der Waals surface area (Å²) in [4.78, 5) is 0. The van der Waals surface area contributed by atoms with Crippen LogP contribution in [0.1, 0.15) is 11.1 Å². The lowest BCUT2D eigenvalue weighted by Gasteiger charge is -2.11. The first-order valence-corrected chi connectivity index (χ1v) is 8.71. The van der Waals surface area contributed by atoms with E-state index in [1.54, 1.807) is 23.6 Å². The fourth-order valence-electron chi connectivity index (χ4n) is 1.72. The fourth-order valence-corrected chi connectivity index (χ4v) is 4.19. The van der Waals surface area contributed by atoms with Gasteiger partial charge in [-0.05, 0) is 29.1 Å². The van der Waals surface area contributed by atoms with Crippen molar-refractivity contribution in [2.24, 2.45) is 0 Å². The van der Waals surface area contributed by atoms with E-state index in [-0.39, 0.29) is 17.4 Å². The van der Waals surface area contributed by atoms with E-state index in [4.69, 9.17) is 21.4 Å². The zero-order valence-corrected chi connectivity index (χ0v) is 13.6. The molecule has 2 N–H and O–H groups in total. The molecule has 0 amide bonds. The minimum atomic E-state index is -3.65. The van der Waals surface area contributed by atoms with Gasteiger partial charge in [0.15, 0.2) is 0 Å². The van der Waals surface area contributed by atoms with Crippen molar-refractivity contribution in [3.8, 4) is 5.75 Å². The molecule has 0 aliphatic carbocycles. The highest BCUT2D eigenvalue weighted by atomic mass is 35.5. The van der Waals surface area contributed by atoms with E-state index in [1.807, 2.05) is 0 Å². The van der Waals surface area contributed by atoms with Gasteiger partial charge in [-0.3, -0.25) is 0 Å². The molecule has 5 nitrogen and oxygen atoms in total. The number of hydrogen-bond donors (Lipinski definition) is 2. The van der Waals surface area contributed by atoms with E-state index in [0.717, 1.165) is 11.3 Å². The molecule has 0 radical (unpaired) electrons. The molecule has 8 heteroatoms. The Kier molecular flexibility index (Phi) is 5.23. The van der Waals surface area contributed by atoms with Crippen molar-refractivity contribution in [3.63, 3.8) is 0 Å². The second kappa shape index (κ2) is 6.76. The van der Waals surface area contributed by atoms with Gasteiger partial charge in [0.1, 0.15) is 9.96 Å². The van der Waals surface area contributed by atoms with Crippen LogP contribution in [0.4, 0.5) is 0 Å². The summed E-state index contributed by atoms with van der Waals surface area (Å²) < 4.78 is 32.2. The largest absolute Gasteiger partial charge is 0.496 e. The second-order valence-corrected chi connectivity index (χ2v) is 7.49. The minimum absolute atomic E-state index is 0.0253. The van der Waals surface area contributed by atoms with E-state index in [9.17, 15) is 8.42 Å². The molecule has 0 aliphatic rings. The third kappa shape index (κ3) is 3.75. The molecule has 1 aromatic carbocycles. The monoisotopic (exact) mass is 347 g/mol. The van der Waals surface area contributed by atoms with Crippen LogP contribution < -0.4 is 9.46 Å². The zero-order valence-electron chi connectivity index (χ0n) is 11.2. The van der Waals surface area contributed by atoms with Gasteiger partial charge in [0, 0.05) is 17.1 Å². The molecular weight excluding hydrogens is 334 g/mol. The Labute approximate surface area is 132 Å². The first-order valence-electron chi connectivity index (χ1n) is 5.97. The van der Waals surface area contributed by atoms with Crippen molar-refractivity contribution < 1.29 is 18.3 Å². The van der Waals surface area contributed by atoms with Gasteiger partial charge < -0.3 is 9.84 Å². The van der Waals surface area contributed by atoms with E-state index < -0.39 is 10.0 Å². The van der Waals surface area contributed by atoms with E-state index >= 15 is 0 Å². The molecule has 0 unspecified atom stereocenters. The molecule has 1 aromatic heterocycles. The summed E-state index contributed by atoms with van der Waals surface area (Å²) in [7, 11) is -2.15. The average Bonchev–Trinajstić information content (AvgIpc) is 2.95. The molecule has 0 fully saturated rings. The second-order valence-electron chi connectivity index (χ2n) is 4.18. The van der Waals surface area contributed by atoms with E-state index in [2.05, 4.69) is 4.72 Å². The van der Waals surface area contributed by atoms with Gasteiger partial charge in [-0.25, -0.2) is 13.1 Å². The number of halogens is 1. The van der Waals surface area contributed by atoms with Crippen LogP contribution in [0, 0.1) is 0 Å². The lowest BCUT2D eigenvalue weighted by Crippen LogP contribution is -2.22. The van der Waals surface area contributed by atoms with Crippen LogP contribution in [-0.2, 0) is 23.2 Å². The quantitative estimate of drug-likeness (QED) is 0.841. The number of rotatable bonds is 6. The molecule has 2 rings (SSSR count). The summed E-state index contributed by atoms with van der Waals surface area (Å²) in [5, 5.41) is 11.0. The predicted molar refractivity (Wildman–Crippen MR) is 82.3 cm³/mol. The number of thiophene rings is 1. The standard InChI is InChI=1S/C13H14ClNO4S2/c1-19-12-4-2-3-11(14)10(12)6-15-21(17,18)13-5-9(7-16)8-20-13/h2-5,8,15-16H,6-7H2,1H3. The van der Waals surface area contributed by atoms with Gasteiger partial charge in [0.2, 0.25) is 10.0 Å². The summed E-state index contributed by atoms with van der Waals surface area (Å²) in [6.45, 7) is -0.165. The highest BCUT2D eigenvalue weighted by molar-refractivity contribution is 7.91. The maximum absolute atomic E-state index is 12.2. The van der Waals surface area contributed by atoms with Gasteiger partial charge in [-0.2, -0.15) is 0 Å². The SMILES string of the molecule is COc1cccc(Cl)c1CNS(=O)(=O)c1cc(CO)cs1. The highest BCUT2D eigenvalue weighted by Gasteiger charge is 2.18. The number of aliphatic hydroxyl groups excluding tert-OH is 1. The first-order chi connectivity index (χ1) is 9.97. The van der Waals surface area contributed by atoms with Gasteiger partial charge in [0.25, 0.3) is 0 Å². The zero-order chi connectivity index (χ0) is 15.5. The molecular formula is C13H14ClNO4S2. The third-order valence-electron chi connectivity index (χ3n) is 2.81. The molecule has 114 valence electrons. The van der Waals surface area contributed by atoms with Crippen molar-refractivity contribution in [2.45, 2.75) is 17.4 Å². The van der Waals surface area contributed by atoms with Crippen molar-refractivity contribution in [2.75, 3.05) is 7.11 Å². The minimum Gasteiger partial charge on any atom is -0.496 e. The Balaban J connectivity index is 2.19.